The number of hydrogen-bond acceptors (Lipinski definition) is 2. The lowest BCUT2D eigenvalue weighted by molar-refractivity contribution is 0.686. The molecule has 0 aliphatic heterocycles. The van der Waals surface area contributed by atoms with Crippen molar-refractivity contribution in [1.82, 2.24) is 9.78 Å². The zero-order valence-electron chi connectivity index (χ0n) is 8.23. The Kier molecular flexibility index (Phi) is 3.37. The molecule has 1 aromatic carbocycles. The molecule has 0 fully saturated rings. The Balaban J connectivity index is 2.11. The van der Waals surface area contributed by atoms with E-state index < -0.39 is 0 Å². The molecule has 0 bridgehead atoms. The molecule has 0 atom stereocenters. The minimum absolute atomic E-state index is 0.548. The molecule has 0 aliphatic carbocycles. The normalized spacial score (nSPS) is 10.5. The average molecular weight is 313 g/mol. The maximum absolute atomic E-state index is 5.52. The molecule has 0 aliphatic rings. The summed E-state index contributed by atoms with van der Waals surface area (Å²) < 4.78 is 3.16. The Morgan fingerprint density at radius 1 is 1.20 bits per heavy atom. The van der Waals surface area contributed by atoms with Gasteiger partial charge in [0.1, 0.15) is 0 Å². The van der Waals surface area contributed by atoms with Crippen molar-refractivity contribution in [3.63, 3.8) is 0 Å². The van der Waals surface area contributed by atoms with Gasteiger partial charge in [0.05, 0.1) is 12.7 Å². The van der Waals surface area contributed by atoms with Crippen molar-refractivity contribution < 1.29 is 0 Å². The Labute approximate surface area is 102 Å². The van der Waals surface area contributed by atoms with Crippen molar-refractivity contribution in [2.75, 3.05) is 0 Å². The van der Waals surface area contributed by atoms with Crippen LogP contribution >= 0.6 is 22.6 Å². The fraction of sp³-hybridized carbons (Fsp3) is 0.182. The van der Waals surface area contributed by atoms with Gasteiger partial charge in [-0.15, -0.1) is 0 Å². The van der Waals surface area contributed by atoms with E-state index in [1.165, 1.54) is 9.13 Å². The molecule has 15 heavy (non-hydrogen) atoms. The van der Waals surface area contributed by atoms with Crippen molar-refractivity contribution in [1.29, 1.82) is 0 Å². The standard InChI is InChI=1S/C11H12IN3/c12-11-3-1-9(2-4-11)7-15-8-10(5-13)6-14-15/h1-4,6,8H,5,7,13H2. The van der Waals surface area contributed by atoms with Gasteiger partial charge in [-0.2, -0.15) is 5.10 Å². The van der Waals surface area contributed by atoms with E-state index in [9.17, 15) is 0 Å². The van der Waals surface area contributed by atoms with Crippen LogP contribution in [0.2, 0.25) is 0 Å². The van der Waals surface area contributed by atoms with Gasteiger partial charge in [0.25, 0.3) is 0 Å². The Hall–Kier alpha value is -0.880. The van der Waals surface area contributed by atoms with Crippen LogP contribution in [0, 0.1) is 3.57 Å². The predicted molar refractivity (Wildman–Crippen MR) is 68.4 cm³/mol. The number of nitrogens with two attached hydrogens (primary N) is 1. The first-order chi connectivity index (χ1) is 7.28. The second-order valence-corrected chi connectivity index (χ2v) is 4.62. The molecular formula is C11H12IN3. The molecule has 1 heterocycles. The number of benzene rings is 1. The molecule has 0 radical (unpaired) electrons. The molecule has 3 nitrogen and oxygen atoms in total. The summed E-state index contributed by atoms with van der Waals surface area (Å²) in [6.07, 6.45) is 3.80. The minimum atomic E-state index is 0.548. The highest BCUT2D eigenvalue weighted by Crippen LogP contribution is 2.08. The first-order valence-electron chi connectivity index (χ1n) is 4.74. The summed E-state index contributed by atoms with van der Waals surface area (Å²) in [7, 11) is 0. The topological polar surface area (TPSA) is 43.8 Å². The lowest BCUT2D eigenvalue weighted by Gasteiger charge is -2.01. The van der Waals surface area contributed by atoms with Gasteiger partial charge in [-0.25, -0.2) is 0 Å². The molecular weight excluding hydrogens is 301 g/mol. The molecule has 0 amide bonds. The Bertz CT molecular complexity index is 433. The molecule has 0 unspecified atom stereocenters. The van der Waals surface area contributed by atoms with Gasteiger partial charge < -0.3 is 5.73 Å². The number of nitrogens with zero attached hydrogens (tertiary/aromatic N) is 2. The van der Waals surface area contributed by atoms with E-state index in [1.54, 1.807) is 0 Å². The zero-order chi connectivity index (χ0) is 10.7. The van der Waals surface area contributed by atoms with Gasteiger partial charge in [0.2, 0.25) is 0 Å². The summed E-state index contributed by atoms with van der Waals surface area (Å²) >= 11 is 2.30. The van der Waals surface area contributed by atoms with Gasteiger partial charge in [-0.3, -0.25) is 4.68 Å². The van der Waals surface area contributed by atoms with Crippen LogP contribution in [0.4, 0.5) is 0 Å². The molecule has 1 aromatic heterocycles. The van der Waals surface area contributed by atoms with Gasteiger partial charge in [-0.1, -0.05) is 12.1 Å². The summed E-state index contributed by atoms with van der Waals surface area (Å²) in [4.78, 5) is 0. The lowest BCUT2D eigenvalue weighted by Crippen LogP contribution is -2.00. The van der Waals surface area contributed by atoms with Crippen LogP contribution in [-0.2, 0) is 13.1 Å². The fourth-order valence-electron chi connectivity index (χ4n) is 1.38. The third-order valence-corrected chi connectivity index (χ3v) is 2.90. The van der Waals surface area contributed by atoms with E-state index >= 15 is 0 Å². The summed E-state index contributed by atoms with van der Waals surface area (Å²) in [5.74, 6) is 0. The Morgan fingerprint density at radius 2 is 1.93 bits per heavy atom. The van der Waals surface area contributed by atoms with Crippen LogP contribution in [0.5, 0.6) is 0 Å². The SMILES string of the molecule is NCc1cnn(Cc2ccc(I)cc2)c1. The number of halogens is 1. The highest BCUT2D eigenvalue weighted by atomic mass is 127. The van der Waals surface area contributed by atoms with Crippen LogP contribution < -0.4 is 5.73 Å². The van der Waals surface area contributed by atoms with E-state index in [0.717, 1.165) is 12.1 Å². The maximum atomic E-state index is 5.52. The van der Waals surface area contributed by atoms with Gasteiger partial charge in [-0.05, 0) is 40.3 Å². The molecule has 2 aromatic rings. The lowest BCUT2D eigenvalue weighted by atomic mass is 10.2. The van der Waals surface area contributed by atoms with Crippen molar-refractivity contribution in [3.05, 3.63) is 51.4 Å². The third kappa shape index (κ3) is 2.79. The number of hydrogen-bond donors (Lipinski definition) is 1. The number of aromatic nitrogens is 2. The molecule has 4 heteroatoms. The summed E-state index contributed by atoms with van der Waals surface area (Å²) in [6, 6.07) is 8.43. The van der Waals surface area contributed by atoms with Crippen LogP contribution in [-0.4, -0.2) is 9.78 Å². The Morgan fingerprint density at radius 3 is 2.53 bits per heavy atom. The zero-order valence-corrected chi connectivity index (χ0v) is 10.4. The minimum Gasteiger partial charge on any atom is -0.326 e. The molecule has 0 saturated carbocycles. The largest absolute Gasteiger partial charge is 0.326 e. The molecule has 2 N–H and O–H groups in total. The quantitative estimate of drug-likeness (QED) is 0.881. The number of rotatable bonds is 3. The van der Waals surface area contributed by atoms with Crippen LogP contribution in [0.15, 0.2) is 36.7 Å². The van der Waals surface area contributed by atoms with Crippen LogP contribution in [0.25, 0.3) is 0 Å². The second-order valence-electron chi connectivity index (χ2n) is 3.38. The highest BCUT2D eigenvalue weighted by Gasteiger charge is 1.98. The third-order valence-electron chi connectivity index (χ3n) is 2.18. The maximum Gasteiger partial charge on any atom is 0.0659 e. The summed E-state index contributed by atoms with van der Waals surface area (Å²) in [5.41, 5.74) is 7.84. The molecule has 0 spiro atoms. The summed E-state index contributed by atoms with van der Waals surface area (Å²) in [6.45, 7) is 1.35. The van der Waals surface area contributed by atoms with Crippen molar-refractivity contribution >= 4 is 22.6 Å². The molecule has 0 saturated heterocycles. The van der Waals surface area contributed by atoms with Crippen molar-refractivity contribution in [3.8, 4) is 0 Å². The van der Waals surface area contributed by atoms with Gasteiger partial charge in [0.15, 0.2) is 0 Å². The second kappa shape index (κ2) is 4.76. The predicted octanol–water partition coefficient (Wildman–Crippen LogP) is 1.99. The van der Waals surface area contributed by atoms with E-state index in [4.69, 9.17) is 5.73 Å². The van der Waals surface area contributed by atoms with Crippen LogP contribution in [0.3, 0.4) is 0 Å². The molecule has 78 valence electrons. The van der Waals surface area contributed by atoms with Crippen molar-refractivity contribution in [2.45, 2.75) is 13.1 Å². The highest BCUT2D eigenvalue weighted by molar-refractivity contribution is 14.1. The fourth-order valence-corrected chi connectivity index (χ4v) is 1.73. The van der Waals surface area contributed by atoms with Gasteiger partial charge >= 0.3 is 0 Å². The van der Waals surface area contributed by atoms with E-state index in [0.29, 0.717) is 6.54 Å². The van der Waals surface area contributed by atoms with E-state index in [-0.39, 0.29) is 0 Å². The van der Waals surface area contributed by atoms with E-state index in [1.807, 2.05) is 17.1 Å². The first-order valence-corrected chi connectivity index (χ1v) is 5.81. The summed E-state index contributed by atoms with van der Waals surface area (Å²) in [5, 5.41) is 4.24. The average Bonchev–Trinajstić information content (AvgIpc) is 2.69. The first kappa shape index (κ1) is 10.6. The smallest absolute Gasteiger partial charge is 0.0659 e. The molecule has 2 rings (SSSR count). The van der Waals surface area contributed by atoms with Crippen LogP contribution in [0.1, 0.15) is 11.1 Å². The monoisotopic (exact) mass is 313 g/mol. The van der Waals surface area contributed by atoms with Crippen molar-refractivity contribution in [2.24, 2.45) is 5.73 Å². The van der Waals surface area contributed by atoms with E-state index in [2.05, 4.69) is 52.0 Å². The van der Waals surface area contributed by atoms with Gasteiger partial charge in [0, 0.05) is 21.9 Å².